The van der Waals surface area contributed by atoms with Crippen molar-refractivity contribution in [1.29, 1.82) is 0 Å². The number of benzene rings is 2. The highest BCUT2D eigenvalue weighted by atomic mass is 35.5. The van der Waals surface area contributed by atoms with E-state index >= 15 is 0 Å². The van der Waals surface area contributed by atoms with Crippen LogP contribution < -0.4 is 14.5 Å². The molecule has 12 heteroatoms. The average Bonchev–Trinajstić information content (AvgIpc) is 2.92. The minimum atomic E-state index is -3.88. The second kappa shape index (κ2) is 11.0. The van der Waals surface area contributed by atoms with Crippen LogP contribution in [0.25, 0.3) is 0 Å². The molecule has 1 aromatic heterocycles. The van der Waals surface area contributed by atoms with Gasteiger partial charge in [0, 0.05) is 43.4 Å². The number of nitrogens with one attached hydrogen (secondary N) is 1. The number of carbonyl (C=O) groups excluding carboxylic acids is 1. The van der Waals surface area contributed by atoms with Gasteiger partial charge in [-0.1, -0.05) is 41.4 Å². The maximum Gasteiger partial charge on any atom is 0.263 e. The number of rotatable bonds is 6. The summed E-state index contributed by atoms with van der Waals surface area (Å²) in [5.41, 5.74) is 2.23. The zero-order chi connectivity index (χ0) is 26.9. The number of piperazine rings is 1. The van der Waals surface area contributed by atoms with Crippen LogP contribution in [0.15, 0.2) is 59.6 Å². The lowest BCUT2D eigenvalue weighted by Gasteiger charge is -2.41. The van der Waals surface area contributed by atoms with Crippen LogP contribution in [-0.2, 0) is 21.2 Å². The van der Waals surface area contributed by atoms with E-state index in [1.54, 1.807) is 18.2 Å². The number of hydrogen-bond donors (Lipinski definition) is 1. The summed E-state index contributed by atoms with van der Waals surface area (Å²) in [6.07, 6.45) is 3.30. The Hall–Kier alpha value is -3.08. The summed E-state index contributed by atoms with van der Waals surface area (Å²) >= 11 is 12.2. The predicted octanol–water partition coefficient (Wildman–Crippen LogP) is 4.07. The molecule has 0 bridgehead atoms. The Bertz CT molecular complexity index is 1430. The predicted molar refractivity (Wildman–Crippen MR) is 150 cm³/mol. The van der Waals surface area contributed by atoms with Crippen molar-refractivity contribution >= 4 is 56.5 Å². The lowest BCUT2D eigenvalue weighted by atomic mass is 10.00. The fraction of sp³-hybridized carbons (Fsp3) is 0.346. The van der Waals surface area contributed by atoms with Crippen molar-refractivity contribution in [3.05, 3.63) is 70.5 Å². The summed E-state index contributed by atoms with van der Waals surface area (Å²) in [6.45, 7) is 4.65. The molecule has 3 aromatic rings. The van der Waals surface area contributed by atoms with Crippen molar-refractivity contribution in [2.45, 2.75) is 30.7 Å². The van der Waals surface area contributed by atoms with Crippen molar-refractivity contribution < 1.29 is 13.2 Å². The summed E-state index contributed by atoms with van der Waals surface area (Å²) in [5.74, 6) is 0.480. The van der Waals surface area contributed by atoms with Gasteiger partial charge in [-0.25, -0.2) is 18.4 Å². The van der Waals surface area contributed by atoms with E-state index < -0.39 is 10.0 Å². The molecule has 2 aromatic carbocycles. The highest BCUT2D eigenvalue weighted by Gasteiger charge is 2.32. The van der Waals surface area contributed by atoms with Gasteiger partial charge in [0.05, 0.1) is 11.1 Å². The molecular formula is C26H28Cl2N6O3S. The van der Waals surface area contributed by atoms with Crippen LogP contribution in [0, 0.1) is 0 Å². The Labute approximate surface area is 232 Å². The molecule has 0 radical (unpaired) electrons. The van der Waals surface area contributed by atoms with Crippen LogP contribution in [0.3, 0.4) is 0 Å². The van der Waals surface area contributed by atoms with Gasteiger partial charge < -0.3 is 14.7 Å². The molecule has 200 valence electrons. The van der Waals surface area contributed by atoms with Crippen LogP contribution in [0.4, 0.5) is 17.3 Å². The third-order valence-corrected chi connectivity index (χ3v) is 8.69. The molecule has 1 fully saturated rings. The van der Waals surface area contributed by atoms with Crippen molar-refractivity contribution in [2.24, 2.45) is 0 Å². The van der Waals surface area contributed by atoms with Gasteiger partial charge >= 0.3 is 0 Å². The smallest absolute Gasteiger partial charge is 0.263 e. The standard InChI is InChI=1S/C26H28Cl2N6O3S/c1-18(34-11-5-6-19-16-20(27)9-10-22(19)34)26(35)33-14-12-32(13-15-33)25-24(30-23(28)17-29-25)31-38(36,37)21-7-3-2-4-8-21/h2-4,7-10,16-18H,5-6,11-15H2,1H3,(H,30,31)/t18-/m1/s1. The molecule has 38 heavy (non-hydrogen) atoms. The molecule has 3 heterocycles. The molecule has 2 aliphatic rings. The van der Waals surface area contributed by atoms with E-state index in [1.165, 1.54) is 23.9 Å². The number of halogens is 2. The van der Waals surface area contributed by atoms with Gasteiger partial charge in [0.25, 0.3) is 10.0 Å². The minimum absolute atomic E-state index is 0.0538. The van der Waals surface area contributed by atoms with Crippen LogP contribution in [0.2, 0.25) is 10.2 Å². The maximum atomic E-state index is 13.5. The Morgan fingerprint density at radius 1 is 1.03 bits per heavy atom. The van der Waals surface area contributed by atoms with Crippen LogP contribution in [-0.4, -0.2) is 68.0 Å². The number of nitrogens with zero attached hydrogens (tertiary/aromatic N) is 5. The fourth-order valence-corrected chi connectivity index (χ4v) is 6.33. The Balaban J connectivity index is 1.28. The largest absolute Gasteiger partial charge is 0.360 e. The summed E-state index contributed by atoms with van der Waals surface area (Å²) in [6, 6.07) is 13.6. The molecule has 5 rings (SSSR count). The van der Waals surface area contributed by atoms with Gasteiger partial charge in [0.2, 0.25) is 5.91 Å². The first-order valence-corrected chi connectivity index (χ1v) is 14.7. The van der Waals surface area contributed by atoms with Gasteiger partial charge in [0.1, 0.15) is 11.2 Å². The lowest BCUT2D eigenvalue weighted by Crippen LogP contribution is -2.55. The zero-order valence-electron chi connectivity index (χ0n) is 20.8. The van der Waals surface area contributed by atoms with Crippen molar-refractivity contribution in [3.63, 3.8) is 0 Å². The normalized spacial score (nSPS) is 16.7. The number of anilines is 3. The van der Waals surface area contributed by atoms with Gasteiger partial charge in [-0.15, -0.1) is 0 Å². The molecule has 1 saturated heterocycles. The third-order valence-electron chi connectivity index (χ3n) is 6.92. The third kappa shape index (κ3) is 5.52. The minimum Gasteiger partial charge on any atom is -0.360 e. The number of fused-ring (bicyclic) bond motifs is 1. The summed E-state index contributed by atoms with van der Waals surface area (Å²) in [5, 5.41) is 0.779. The highest BCUT2D eigenvalue weighted by Crippen LogP contribution is 2.32. The van der Waals surface area contributed by atoms with Gasteiger partial charge in [-0.2, -0.15) is 0 Å². The highest BCUT2D eigenvalue weighted by molar-refractivity contribution is 7.92. The molecule has 1 N–H and O–H groups in total. The van der Waals surface area contributed by atoms with Gasteiger partial charge in [-0.3, -0.25) is 9.52 Å². The summed E-state index contributed by atoms with van der Waals surface area (Å²) < 4.78 is 28.4. The summed E-state index contributed by atoms with van der Waals surface area (Å²) in [7, 11) is -3.88. The first-order chi connectivity index (χ1) is 18.2. The topological polar surface area (TPSA) is 98.7 Å². The number of aromatic nitrogens is 2. The van der Waals surface area contributed by atoms with Crippen LogP contribution in [0.5, 0.6) is 0 Å². The van der Waals surface area contributed by atoms with E-state index in [0.717, 1.165) is 25.1 Å². The molecule has 9 nitrogen and oxygen atoms in total. The molecule has 0 unspecified atom stereocenters. The van der Waals surface area contributed by atoms with Crippen LogP contribution >= 0.6 is 23.2 Å². The van der Waals surface area contributed by atoms with E-state index in [4.69, 9.17) is 23.2 Å². The molecule has 1 amide bonds. The maximum absolute atomic E-state index is 13.5. The molecular weight excluding hydrogens is 547 g/mol. The van der Waals surface area contributed by atoms with Gasteiger partial charge in [0.15, 0.2) is 11.6 Å². The Morgan fingerprint density at radius 2 is 1.76 bits per heavy atom. The van der Waals surface area contributed by atoms with Crippen LogP contribution in [0.1, 0.15) is 18.9 Å². The zero-order valence-corrected chi connectivity index (χ0v) is 23.2. The van der Waals surface area contributed by atoms with E-state index in [1.807, 2.05) is 34.9 Å². The van der Waals surface area contributed by atoms with E-state index in [-0.39, 0.29) is 27.8 Å². The molecule has 0 spiro atoms. The van der Waals surface area contributed by atoms with Crippen molar-refractivity contribution in [3.8, 4) is 0 Å². The molecule has 0 aliphatic carbocycles. The number of carbonyl (C=O) groups is 1. The first-order valence-electron chi connectivity index (χ1n) is 12.4. The second-order valence-electron chi connectivity index (χ2n) is 9.34. The molecule has 0 saturated carbocycles. The number of sulfonamides is 1. The van der Waals surface area contributed by atoms with Gasteiger partial charge in [-0.05, 0) is 55.7 Å². The quantitative estimate of drug-likeness (QED) is 0.473. The van der Waals surface area contributed by atoms with Crippen molar-refractivity contribution in [1.82, 2.24) is 14.9 Å². The number of hydrogen-bond acceptors (Lipinski definition) is 7. The SMILES string of the molecule is C[C@H](C(=O)N1CCN(c2ncc(Cl)nc2NS(=O)(=O)c2ccccc2)CC1)N1CCCc2cc(Cl)ccc21. The van der Waals surface area contributed by atoms with E-state index in [2.05, 4.69) is 19.6 Å². The Kier molecular flexibility index (Phi) is 7.65. The number of aryl methyl sites for hydroxylation is 1. The Morgan fingerprint density at radius 3 is 2.50 bits per heavy atom. The first kappa shape index (κ1) is 26.5. The lowest BCUT2D eigenvalue weighted by molar-refractivity contribution is -0.132. The van der Waals surface area contributed by atoms with Crippen molar-refractivity contribution in [2.75, 3.05) is 47.2 Å². The average molecular weight is 576 g/mol. The number of amides is 1. The van der Waals surface area contributed by atoms with E-state index in [9.17, 15) is 13.2 Å². The van der Waals surface area contributed by atoms with E-state index in [0.29, 0.717) is 37.0 Å². The summed E-state index contributed by atoms with van der Waals surface area (Å²) in [4.78, 5) is 28.1. The fourth-order valence-electron chi connectivity index (χ4n) is 4.98. The molecule has 1 atom stereocenters. The molecule has 2 aliphatic heterocycles. The monoisotopic (exact) mass is 574 g/mol. The second-order valence-corrected chi connectivity index (χ2v) is 11.8.